The lowest BCUT2D eigenvalue weighted by Gasteiger charge is -2.17. The maximum atomic E-state index is 10.4. The number of hydrogen-bond acceptors (Lipinski definition) is 2. The normalized spacial score (nSPS) is 14.3. The first-order valence-corrected chi connectivity index (χ1v) is 7.87. The minimum absolute atomic E-state index is 0.345. The summed E-state index contributed by atoms with van der Waals surface area (Å²) in [5, 5.41) is 15.8. The van der Waals surface area contributed by atoms with Crippen LogP contribution in [0.2, 0.25) is 5.15 Å². The van der Waals surface area contributed by atoms with Gasteiger partial charge in [-0.15, -0.1) is 0 Å². The van der Waals surface area contributed by atoms with Gasteiger partial charge in [0, 0.05) is 11.1 Å². The van der Waals surface area contributed by atoms with Gasteiger partial charge >= 0.3 is 0 Å². The van der Waals surface area contributed by atoms with Crippen molar-refractivity contribution in [3.8, 4) is 11.4 Å². The Morgan fingerprint density at radius 2 is 1.62 bits per heavy atom. The highest BCUT2D eigenvalue weighted by molar-refractivity contribution is 6.30. The van der Waals surface area contributed by atoms with E-state index in [1.165, 1.54) is 18.4 Å². The van der Waals surface area contributed by atoms with Gasteiger partial charge in [-0.25, -0.2) is 4.68 Å². The van der Waals surface area contributed by atoms with E-state index in [1.54, 1.807) is 0 Å². The number of benzene rings is 1. The molecule has 3 rings (SSSR count). The molecular formula is C17H21ClN2O. The van der Waals surface area contributed by atoms with Crippen molar-refractivity contribution in [2.24, 2.45) is 0 Å². The Kier molecular flexibility index (Phi) is 3.48. The number of hydrogen-bond donors (Lipinski definition) is 1. The number of aryl methyl sites for hydroxylation is 1. The minimum atomic E-state index is 0.345. The predicted octanol–water partition coefficient (Wildman–Crippen LogP) is 4.34. The van der Waals surface area contributed by atoms with Crippen molar-refractivity contribution in [3.05, 3.63) is 38.7 Å². The fraction of sp³-hybridized carbons (Fsp3) is 0.471. The van der Waals surface area contributed by atoms with Gasteiger partial charge in [-0.3, -0.25) is 0 Å². The number of nitrogens with zero attached hydrogens (tertiary/aromatic N) is 2. The average Bonchev–Trinajstić information content (AvgIpc) is 2.81. The molecule has 0 spiro atoms. The number of aromatic nitrogens is 2. The van der Waals surface area contributed by atoms with Crippen LogP contribution in [-0.4, -0.2) is 14.9 Å². The van der Waals surface area contributed by atoms with E-state index < -0.39 is 0 Å². The molecule has 1 aromatic heterocycles. The SMILES string of the molecule is Cc1c(C)c(O)c(C)c(-n2nc3c(c2Cl)CCCC3)c1C. The van der Waals surface area contributed by atoms with E-state index in [0.29, 0.717) is 10.9 Å². The van der Waals surface area contributed by atoms with Crippen LogP contribution in [0.4, 0.5) is 0 Å². The van der Waals surface area contributed by atoms with Crippen LogP contribution in [0.3, 0.4) is 0 Å². The first-order chi connectivity index (χ1) is 9.93. The van der Waals surface area contributed by atoms with Crippen molar-refractivity contribution in [1.82, 2.24) is 9.78 Å². The van der Waals surface area contributed by atoms with E-state index >= 15 is 0 Å². The summed E-state index contributed by atoms with van der Waals surface area (Å²) in [4.78, 5) is 0. The van der Waals surface area contributed by atoms with Crippen molar-refractivity contribution >= 4 is 11.6 Å². The molecule has 0 saturated carbocycles. The lowest BCUT2D eigenvalue weighted by Crippen LogP contribution is -2.06. The third-order valence-electron chi connectivity index (χ3n) is 4.85. The molecule has 0 aliphatic heterocycles. The standard InChI is InChI=1S/C17H21ClN2O/c1-9-10(2)15(12(4)16(21)11(9)3)20-17(18)13-7-5-6-8-14(13)19-20/h21H,5-8H2,1-4H3. The number of phenols is 1. The second kappa shape index (κ2) is 5.06. The van der Waals surface area contributed by atoms with Gasteiger partial charge in [0.25, 0.3) is 0 Å². The van der Waals surface area contributed by atoms with Crippen LogP contribution < -0.4 is 0 Å². The van der Waals surface area contributed by atoms with Crippen molar-refractivity contribution in [3.63, 3.8) is 0 Å². The molecule has 112 valence electrons. The fourth-order valence-electron chi connectivity index (χ4n) is 3.29. The van der Waals surface area contributed by atoms with E-state index in [1.807, 2.05) is 25.5 Å². The number of halogens is 1. The van der Waals surface area contributed by atoms with Gasteiger partial charge in [0.2, 0.25) is 0 Å². The summed E-state index contributed by atoms with van der Waals surface area (Å²) in [5.74, 6) is 0.345. The molecular weight excluding hydrogens is 284 g/mol. The molecule has 0 radical (unpaired) electrons. The zero-order valence-electron chi connectivity index (χ0n) is 13.0. The molecule has 1 heterocycles. The Hall–Kier alpha value is -1.48. The lowest BCUT2D eigenvalue weighted by atomic mass is 9.97. The number of fused-ring (bicyclic) bond motifs is 1. The van der Waals surface area contributed by atoms with Gasteiger partial charge < -0.3 is 5.11 Å². The first kappa shape index (κ1) is 14.5. The van der Waals surface area contributed by atoms with Crippen LogP contribution in [0.1, 0.15) is 46.4 Å². The summed E-state index contributed by atoms with van der Waals surface area (Å²) in [6.45, 7) is 7.98. The Bertz CT molecular complexity index is 702. The summed E-state index contributed by atoms with van der Waals surface area (Å²) < 4.78 is 1.83. The Morgan fingerprint density at radius 3 is 2.29 bits per heavy atom. The highest BCUT2D eigenvalue weighted by Gasteiger charge is 2.23. The number of phenolic OH excluding ortho intramolecular Hbond substituents is 1. The first-order valence-electron chi connectivity index (χ1n) is 7.49. The van der Waals surface area contributed by atoms with Gasteiger partial charge in [-0.1, -0.05) is 11.6 Å². The number of rotatable bonds is 1. The lowest BCUT2D eigenvalue weighted by molar-refractivity contribution is 0.465. The van der Waals surface area contributed by atoms with Crippen LogP contribution in [0.5, 0.6) is 5.75 Å². The summed E-state index contributed by atoms with van der Waals surface area (Å²) in [7, 11) is 0. The third kappa shape index (κ3) is 2.06. The van der Waals surface area contributed by atoms with Gasteiger partial charge in [-0.2, -0.15) is 5.10 Å². The van der Waals surface area contributed by atoms with E-state index in [2.05, 4.69) is 6.92 Å². The molecule has 0 amide bonds. The topological polar surface area (TPSA) is 38.0 Å². The van der Waals surface area contributed by atoms with Crippen molar-refractivity contribution < 1.29 is 5.11 Å². The Labute approximate surface area is 130 Å². The molecule has 2 aromatic rings. The van der Waals surface area contributed by atoms with E-state index in [-0.39, 0.29) is 0 Å². The van der Waals surface area contributed by atoms with Crippen LogP contribution in [0.25, 0.3) is 5.69 Å². The molecule has 0 unspecified atom stereocenters. The molecule has 1 aliphatic carbocycles. The predicted molar refractivity (Wildman–Crippen MR) is 85.8 cm³/mol. The average molecular weight is 305 g/mol. The minimum Gasteiger partial charge on any atom is -0.507 e. The summed E-state index contributed by atoms with van der Waals surface area (Å²) >= 11 is 6.58. The monoisotopic (exact) mass is 304 g/mol. The van der Waals surface area contributed by atoms with Gasteiger partial charge in [0.05, 0.1) is 11.4 Å². The zero-order valence-corrected chi connectivity index (χ0v) is 13.8. The quantitative estimate of drug-likeness (QED) is 0.851. The van der Waals surface area contributed by atoms with E-state index in [9.17, 15) is 5.11 Å². The van der Waals surface area contributed by atoms with Gasteiger partial charge in [-0.05, 0) is 70.1 Å². The smallest absolute Gasteiger partial charge is 0.136 e. The van der Waals surface area contributed by atoms with Crippen LogP contribution in [0.15, 0.2) is 0 Å². The third-order valence-corrected chi connectivity index (χ3v) is 5.24. The number of aromatic hydroxyl groups is 1. The maximum Gasteiger partial charge on any atom is 0.136 e. The van der Waals surface area contributed by atoms with Crippen LogP contribution in [-0.2, 0) is 12.8 Å². The second-order valence-corrected chi connectivity index (χ2v) is 6.39. The molecule has 1 N–H and O–H groups in total. The van der Waals surface area contributed by atoms with Crippen LogP contribution >= 0.6 is 11.6 Å². The highest BCUT2D eigenvalue weighted by atomic mass is 35.5. The molecule has 0 fully saturated rings. The highest BCUT2D eigenvalue weighted by Crippen LogP contribution is 2.37. The summed E-state index contributed by atoms with van der Waals surface area (Å²) in [6, 6.07) is 0. The largest absolute Gasteiger partial charge is 0.507 e. The Morgan fingerprint density at radius 1 is 0.952 bits per heavy atom. The molecule has 0 atom stereocenters. The van der Waals surface area contributed by atoms with Crippen molar-refractivity contribution in [2.75, 3.05) is 0 Å². The molecule has 0 bridgehead atoms. The zero-order chi connectivity index (χ0) is 15.3. The molecule has 4 heteroatoms. The van der Waals surface area contributed by atoms with E-state index in [0.717, 1.165) is 46.5 Å². The molecule has 1 aliphatic rings. The van der Waals surface area contributed by atoms with E-state index in [4.69, 9.17) is 16.7 Å². The fourth-order valence-corrected chi connectivity index (χ4v) is 3.62. The van der Waals surface area contributed by atoms with Crippen LogP contribution in [0, 0.1) is 27.7 Å². The molecule has 21 heavy (non-hydrogen) atoms. The summed E-state index contributed by atoms with van der Waals surface area (Å²) in [5.41, 5.74) is 7.22. The summed E-state index contributed by atoms with van der Waals surface area (Å²) in [6.07, 6.45) is 4.35. The second-order valence-electron chi connectivity index (χ2n) is 6.03. The van der Waals surface area contributed by atoms with Gasteiger partial charge in [0.15, 0.2) is 0 Å². The molecule has 3 nitrogen and oxygen atoms in total. The Balaban J connectivity index is 2.29. The van der Waals surface area contributed by atoms with Crippen molar-refractivity contribution in [2.45, 2.75) is 53.4 Å². The van der Waals surface area contributed by atoms with Gasteiger partial charge in [0.1, 0.15) is 10.9 Å². The molecule has 0 saturated heterocycles. The van der Waals surface area contributed by atoms with Crippen molar-refractivity contribution in [1.29, 1.82) is 0 Å². The maximum absolute atomic E-state index is 10.4. The molecule has 1 aromatic carbocycles.